The van der Waals surface area contributed by atoms with Crippen molar-refractivity contribution >= 4 is 44.9 Å². The van der Waals surface area contributed by atoms with E-state index in [1.807, 2.05) is 47.0 Å². The topological polar surface area (TPSA) is 20.3 Å². The SMILES string of the molecule is O=C(c1cccc(Br)c1)N1CCSC1c1cccs1. The third-order valence-corrected chi connectivity index (χ3v) is 5.82. The molecule has 0 N–H and O–H groups in total. The highest BCUT2D eigenvalue weighted by Gasteiger charge is 2.31. The lowest BCUT2D eigenvalue weighted by Crippen LogP contribution is -2.30. The average Bonchev–Trinajstić information content (AvgIpc) is 3.08. The Labute approximate surface area is 128 Å². The lowest BCUT2D eigenvalue weighted by Gasteiger charge is -2.23. The summed E-state index contributed by atoms with van der Waals surface area (Å²) in [6.07, 6.45) is 0. The van der Waals surface area contributed by atoms with Gasteiger partial charge < -0.3 is 4.90 Å². The van der Waals surface area contributed by atoms with Gasteiger partial charge in [-0.05, 0) is 29.6 Å². The Morgan fingerprint density at radius 1 is 1.32 bits per heavy atom. The molecule has 1 unspecified atom stereocenters. The van der Waals surface area contributed by atoms with Crippen LogP contribution in [0.15, 0.2) is 46.3 Å². The fourth-order valence-electron chi connectivity index (χ4n) is 2.13. The van der Waals surface area contributed by atoms with Crippen molar-refractivity contribution in [1.82, 2.24) is 4.90 Å². The molecule has 1 aromatic heterocycles. The highest BCUT2D eigenvalue weighted by atomic mass is 79.9. The summed E-state index contributed by atoms with van der Waals surface area (Å²) in [5.74, 6) is 1.12. The molecule has 1 aliphatic rings. The van der Waals surface area contributed by atoms with E-state index in [2.05, 4.69) is 27.4 Å². The molecule has 2 nitrogen and oxygen atoms in total. The minimum atomic E-state index is 0.115. The summed E-state index contributed by atoms with van der Waals surface area (Å²) in [5.41, 5.74) is 0.749. The van der Waals surface area contributed by atoms with Crippen molar-refractivity contribution in [3.63, 3.8) is 0 Å². The van der Waals surface area contributed by atoms with Gasteiger partial charge in [-0.3, -0.25) is 4.79 Å². The Balaban J connectivity index is 1.87. The molecule has 1 atom stereocenters. The first-order valence-electron chi connectivity index (χ1n) is 5.97. The van der Waals surface area contributed by atoms with Crippen molar-refractivity contribution in [1.29, 1.82) is 0 Å². The van der Waals surface area contributed by atoms with Gasteiger partial charge in [0.1, 0.15) is 5.37 Å². The zero-order valence-corrected chi connectivity index (χ0v) is 13.3. The van der Waals surface area contributed by atoms with Crippen LogP contribution in [0.3, 0.4) is 0 Å². The number of carbonyl (C=O) groups excluding carboxylic acids is 1. The quantitative estimate of drug-likeness (QED) is 0.797. The number of carbonyl (C=O) groups is 1. The van der Waals surface area contributed by atoms with E-state index in [0.717, 1.165) is 22.3 Å². The molecule has 0 aliphatic carbocycles. The molecule has 1 fully saturated rings. The van der Waals surface area contributed by atoms with Crippen molar-refractivity contribution in [3.05, 3.63) is 56.7 Å². The molecule has 0 saturated carbocycles. The molecule has 98 valence electrons. The average molecular weight is 354 g/mol. The van der Waals surface area contributed by atoms with Gasteiger partial charge in [0.2, 0.25) is 0 Å². The van der Waals surface area contributed by atoms with Gasteiger partial charge >= 0.3 is 0 Å². The zero-order valence-electron chi connectivity index (χ0n) is 10.1. The second-order valence-electron chi connectivity index (χ2n) is 4.25. The van der Waals surface area contributed by atoms with Crippen molar-refractivity contribution in [2.45, 2.75) is 5.37 Å². The van der Waals surface area contributed by atoms with Crippen molar-refractivity contribution in [3.8, 4) is 0 Å². The Hall–Kier alpha value is -0.780. The van der Waals surface area contributed by atoms with Gasteiger partial charge in [-0.25, -0.2) is 0 Å². The summed E-state index contributed by atoms with van der Waals surface area (Å²) in [4.78, 5) is 15.8. The van der Waals surface area contributed by atoms with Crippen LogP contribution in [-0.4, -0.2) is 23.1 Å². The molecule has 0 radical (unpaired) electrons. The molecule has 3 rings (SSSR count). The largest absolute Gasteiger partial charge is 0.321 e. The Kier molecular flexibility index (Phi) is 3.96. The highest BCUT2D eigenvalue weighted by Crippen LogP contribution is 2.40. The maximum atomic E-state index is 12.6. The summed E-state index contributed by atoms with van der Waals surface area (Å²) in [5, 5.41) is 2.24. The molecule has 0 spiro atoms. The van der Waals surface area contributed by atoms with Crippen LogP contribution < -0.4 is 0 Å². The third kappa shape index (κ3) is 2.73. The van der Waals surface area contributed by atoms with Crippen molar-refractivity contribution < 1.29 is 4.79 Å². The van der Waals surface area contributed by atoms with Gasteiger partial charge in [0, 0.05) is 27.2 Å². The molecular formula is C14H12BrNOS2. The molecule has 1 aliphatic heterocycles. The smallest absolute Gasteiger partial charge is 0.255 e. The van der Waals surface area contributed by atoms with E-state index in [9.17, 15) is 4.79 Å². The first-order valence-corrected chi connectivity index (χ1v) is 8.69. The molecule has 1 saturated heterocycles. The molecular weight excluding hydrogens is 342 g/mol. The zero-order chi connectivity index (χ0) is 13.2. The van der Waals surface area contributed by atoms with E-state index in [-0.39, 0.29) is 11.3 Å². The fraction of sp³-hybridized carbons (Fsp3) is 0.214. The normalized spacial score (nSPS) is 18.8. The first-order chi connectivity index (χ1) is 9.25. The lowest BCUT2D eigenvalue weighted by molar-refractivity contribution is 0.0762. The molecule has 1 aromatic carbocycles. The van der Waals surface area contributed by atoms with Crippen LogP contribution in [0.25, 0.3) is 0 Å². The van der Waals surface area contributed by atoms with Gasteiger partial charge in [0.25, 0.3) is 5.91 Å². The number of hydrogen-bond acceptors (Lipinski definition) is 3. The molecule has 0 bridgehead atoms. The van der Waals surface area contributed by atoms with Crippen LogP contribution in [-0.2, 0) is 0 Å². The van der Waals surface area contributed by atoms with Gasteiger partial charge in [-0.1, -0.05) is 28.1 Å². The van der Waals surface area contributed by atoms with E-state index in [4.69, 9.17) is 0 Å². The lowest BCUT2D eigenvalue weighted by atomic mass is 10.2. The summed E-state index contributed by atoms with van der Waals surface area (Å²) in [6.45, 7) is 0.818. The van der Waals surface area contributed by atoms with Crippen molar-refractivity contribution in [2.24, 2.45) is 0 Å². The van der Waals surface area contributed by atoms with Crippen molar-refractivity contribution in [2.75, 3.05) is 12.3 Å². The van der Waals surface area contributed by atoms with Gasteiger partial charge in [-0.2, -0.15) is 0 Å². The maximum absolute atomic E-state index is 12.6. The van der Waals surface area contributed by atoms with Crippen LogP contribution in [0.2, 0.25) is 0 Å². The molecule has 2 heterocycles. The number of thioether (sulfide) groups is 1. The van der Waals surface area contributed by atoms with Gasteiger partial charge in [-0.15, -0.1) is 23.1 Å². The number of rotatable bonds is 2. The molecule has 1 amide bonds. The van der Waals surface area contributed by atoms with Crippen LogP contribution in [0, 0.1) is 0 Å². The Morgan fingerprint density at radius 3 is 2.95 bits per heavy atom. The first kappa shape index (κ1) is 13.2. The number of thiophene rings is 1. The number of nitrogens with zero attached hydrogens (tertiary/aromatic N) is 1. The third-order valence-electron chi connectivity index (χ3n) is 3.01. The van der Waals surface area contributed by atoms with Crippen LogP contribution in [0.4, 0.5) is 0 Å². The minimum Gasteiger partial charge on any atom is -0.321 e. The number of halogens is 1. The second-order valence-corrected chi connectivity index (χ2v) is 7.33. The minimum absolute atomic E-state index is 0.115. The Bertz CT molecular complexity index is 585. The predicted molar refractivity (Wildman–Crippen MR) is 84.7 cm³/mol. The van der Waals surface area contributed by atoms with Crippen LogP contribution >= 0.6 is 39.0 Å². The monoisotopic (exact) mass is 353 g/mol. The number of hydrogen-bond donors (Lipinski definition) is 0. The predicted octanol–water partition coefficient (Wildman–Crippen LogP) is 4.40. The Morgan fingerprint density at radius 2 is 2.21 bits per heavy atom. The molecule has 5 heteroatoms. The summed E-state index contributed by atoms with van der Waals surface area (Å²) in [6, 6.07) is 11.8. The molecule has 19 heavy (non-hydrogen) atoms. The summed E-state index contributed by atoms with van der Waals surface area (Å²) >= 11 is 6.97. The summed E-state index contributed by atoms with van der Waals surface area (Å²) in [7, 11) is 0. The van der Waals surface area contributed by atoms with Crippen LogP contribution in [0.5, 0.6) is 0 Å². The van der Waals surface area contributed by atoms with Gasteiger partial charge in [0.05, 0.1) is 0 Å². The molecule has 2 aromatic rings. The van der Waals surface area contributed by atoms with E-state index in [1.165, 1.54) is 4.88 Å². The van der Waals surface area contributed by atoms with E-state index in [1.54, 1.807) is 11.3 Å². The van der Waals surface area contributed by atoms with Gasteiger partial charge in [0.15, 0.2) is 0 Å². The van der Waals surface area contributed by atoms with E-state index in [0.29, 0.717) is 0 Å². The van der Waals surface area contributed by atoms with E-state index < -0.39 is 0 Å². The van der Waals surface area contributed by atoms with Crippen LogP contribution in [0.1, 0.15) is 20.6 Å². The second kappa shape index (κ2) is 5.69. The summed E-state index contributed by atoms with van der Waals surface area (Å²) < 4.78 is 0.942. The standard InChI is InChI=1S/C14H12BrNOS2/c15-11-4-1-3-10(9-11)13(17)16-6-8-19-14(16)12-5-2-7-18-12/h1-5,7,9,14H,6,8H2. The number of amides is 1. The van der Waals surface area contributed by atoms with E-state index >= 15 is 0 Å². The highest BCUT2D eigenvalue weighted by molar-refractivity contribution is 9.10. The maximum Gasteiger partial charge on any atom is 0.255 e. The fourth-order valence-corrected chi connectivity index (χ4v) is 4.77. The number of benzene rings is 1.